The van der Waals surface area contributed by atoms with Gasteiger partial charge in [-0.3, -0.25) is 4.79 Å². The molecule has 0 aromatic carbocycles. The number of carboxylic acid groups (broad SMARTS) is 1. The van der Waals surface area contributed by atoms with E-state index in [1.807, 2.05) is 0 Å². The quantitative estimate of drug-likeness (QED) is 0.547. The largest absolute Gasteiger partial charge is 0.481 e. The zero-order chi connectivity index (χ0) is 13.0. The second kappa shape index (κ2) is 5.98. The molecule has 1 atom stereocenters. The van der Waals surface area contributed by atoms with Crippen LogP contribution in [0.1, 0.15) is 12.8 Å². The lowest BCUT2D eigenvalue weighted by atomic mass is 10.2. The van der Waals surface area contributed by atoms with Gasteiger partial charge in [-0.1, -0.05) is 39.3 Å². The minimum Gasteiger partial charge on any atom is -0.481 e. The van der Waals surface area contributed by atoms with E-state index in [-0.39, 0.29) is 5.54 Å². The lowest BCUT2D eigenvalue weighted by molar-refractivity contribution is -0.137. The van der Waals surface area contributed by atoms with Crippen molar-refractivity contribution in [2.24, 2.45) is 0 Å². The van der Waals surface area contributed by atoms with Gasteiger partial charge in [0.2, 0.25) is 0 Å². The first-order valence-electron chi connectivity index (χ1n) is 6.02. The Kier molecular flexibility index (Phi) is 5.93. The fourth-order valence-corrected chi connectivity index (χ4v) is 4.43. The molecule has 0 aliphatic rings. The molecule has 0 radical (unpaired) electrons. The predicted molar refractivity (Wildman–Crippen MR) is 75.3 cm³/mol. The van der Waals surface area contributed by atoms with Gasteiger partial charge in [0.25, 0.3) is 0 Å². The van der Waals surface area contributed by atoms with Crippen molar-refractivity contribution in [3.8, 4) is 0 Å². The molecule has 0 amide bonds. The second-order valence-electron chi connectivity index (χ2n) is 6.58. The van der Waals surface area contributed by atoms with E-state index in [1.54, 1.807) is 0 Å². The first-order chi connectivity index (χ1) is 7.04. The summed E-state index contributed by atoms with van der Waals surface area (Å²) in [4.78, 5) is 14.7. The van der Waals surface area contributed by atoms with E-state index in [0.717, 1.165) is 19.4 Å². The molecule has 3 nitrogen and oxygen atoms in total. The summed E-state index contributed by atoms with van der Waals surface area (Å²) in [6, 6.07) is 0. The lowest BCUT2D eigenvalue weighted by Crippen LogP contribution is -2.42. The molecule has 0 fully saturated rings. The van der Waals surface area contributed by atoms with Gasteiger partial charge in [-0.25, -0.2) is 0 Å². The molecule has 0 saturated carbocycles. The maximum Gasteiger partial charge on any atom is 0.303 e. The van der Waals surface area contributed by atoms with E-state index < -0.39 is 22.3 Å². The topological polar surface area (TPSA) is 49.3 Å². The van der Waals surface area contributed by atoms with E-state index in [9.17, 15) is 9.90 Å². The Morgan fingerprint density at radius 3 is 2.00 bits per heavy atom. The van der Waals surface area contributed by atoms with Gasteiger partial charge in [0.15, 0.2) is 0 Å². The fraction of sp³-hybridized carbons (Fsp3) is 0.909. The van der Waals surface area contributed by atoms with Crippen LogP contribution in [0.5, 0.6) is 0 Å². The Hall–Kier alpha value is -0.136. The Morgan fingerprint density at radius 1 is 1.19 bits per heavy atom. The summed E-state index contributed by atoms with van der Waals surface area (Å²) in [6.45, 7) is 14.2. The van der Waals surface area contributed by atoms with Crippen LogP contribution in [-0.4, -0.2) is 33.9 Å². The summed E-state index contributed by atoms with van der Waals surface area (Å²) in [5.74, 6) is -0.604. The van der Waals surface area contributed by atoms with Gasteiger partial charge in [0.1, 0.15) is 8.24 Å². The maximum absolute atomic E-state index is 11.2. The maximum atomic E-state index is 11.2. The second-order valence-corrected chi connectivity index (χ2v) is 16.9. The molecule has 0 heterocycles. The van der Waals surface area contributed by atoms with Crippen molar-refractivity contribution < 1.29 is 9.90 Å². The molecule has 96 valence electrons. The van der Waals surface area contributed by atoms with Crippen molar-refractivity contribution in [1.82, 2.24) is 4.98 Å². The fourth-order valence-electron chi connectivity index (χ4n) is 1.70. The average molecular weight is 262 g/mol. The summed E-state index contributed by atoms with van der Waals surface area (Å²) in [7, 11) is -2.75. The third-order valence-electron chi connectivity index (χ3n) is 2.67. The van der Waals surface area contributed by atoms with Crippen molar-refractivity contribution in [2.45, 2.75) is 57.7 Å². The molecular weight excluding hydrogens is 234 g/mol. The standard InChI is InChI=1S/C11H27NO2Si2/c1-15(2,3)10(11(13)14)8-7-9-12-16(4,5)6/h10,12H,7-9H2,1-6H3,(H,13,14). The highest BCUT2D eigenvalue weighted by molar-refractivity contribution is 6.80. The van der Waals surface area contributed by atoms with Crippen molar-refractivity contribution in [3.63, 3.8) is 0 Å². The third-order valence-corrected chi connectivity index (χ3v) is 6.61. The zero-order valence-corrected chi connectivity index (χ0v) is 13.6. The van der Waals surface area contributed by atoms with Gasteiger partial charge in [0.05, 0.1) is 13.6 Å². The van der Waals surface area contributed by atoms with Gasteiger partial charge in [-0.15, -0.1) is 0 Å². The van der Waals surface area contributed by atoms with Crippen molar-refractivity contribution in [1.29, 1.82) is 0 Å². The van der Waals surface area contributed by atoms with Crippen LogP contribution in [0.4, 0.5) is 0 Å². The van der Waals surface area contributed by atoms with Gasteiger partial charge in [0, 0.05) is 0 Å². The smallest absolute Gasteiger partial charge is 0.303 e. The Labute approximate surface area is 102 Å². The molecule has 16 heavy (non-hydrogen) atoms. The molecule has 1 unspecified atom stereocenters. The zero-order valence-electron chi connectivity index (χ0n) is 11.6. The molecule has 0 aliphatic heterocycles. The monoisotopic (exact) mass is 261 g/mol. The molecule has 0 aliphatic carbocycles. The molecular formula is C11H27NO2Si2. The minimum absolute atomic E-state index is 0.101. The number of nitrogens with one attached hydrogen (secondary N) is 1. The minimum atomic E-state index is -1.56. The number of hydrogen-bond donors (Lipinski definition) is 2. The van der Waals surface area contributed by atoms with Crippen LogP contribution in [0.2, 0.25) is 44.8 Å². The number of hydrogen-bond acceptors (Lipinski definition) is 2. The predicted octanol–water partition coefficient (Wildman–Crippen LogP) is 2.98. The molecule has 0 aromatic heterocycles. The first-order valence-corrected chi connectivity index (χ1v) is 13.1. The van der Waals surface area contributed by atoms with Crippen molar-refractivity contribution >= 4 is 22.3 Å². The van der Waals surface area contributed by atoms with Crippen LogP contribution in [0.3, 0.4) is 0 Å². The molecule has 0 bridgehead atoms. The van der Waals surface area contributed by atoms with Crippen molar-refractivity contribution in [2.75, 3.05) is 6.54 Å². The lowest BCUT2D eigenvalue weighted by Gasteiger charge is -2.25. The van der Waals surface area contributed by atoms with E-state index in [1.165, 1.54) is 0 Å². The van der Waals surface area contributed by atoms with E-state index >= 15 is 0 Å². The molecule has 2 N–H and O–H groups in total. The highest BCUT2D eigenvalue weighted by Crippen LogP contribution is 2.26. The average Bonchev–Trinajstić information content (AvgIpc) is 1.97. The molecule has 0 aromatic rings. The van der Waals surface area contributed by atoms with Crippen LogP contribution in [0, 0.1) is 0 Å². The van der Waals surface area contributed by atoms with Gasteiger partial charge >= 0.3 is 5.97 Å². The van der Waals surface area contributed by atoms with Crippen LogP contribution >= 0.6 is 0 Å². The summed E-state index contributed by atoms with van der Waals surface area (Å²) >= 11 is 0. The SMILES string of the molecule is C[Si](C)(C)NCCCC(C(=O)O)[Si](C)(C)C. The van der Waals surface area contributed by atoms with Gasteiger partial charge in [-0.2, -0.15) is 0 Å². The van der Waals surface area contributed by atoms with Gasteiger partial charge < -0.3 is 10.1 Å². The number of rotatable bonds is 7. The Balaban J connectivity index is 4.02. The Morgan fingerprint density at radius 2 is 1.69 bits per heavy atom. The molecule has 5 heteroatoms. The number of carboxylic acids is 1. The Bertz CT molecular complexity index is 231. The highest BCUT2D eigenvalue weighted by Gasteiger charge is 2.32. The first kappa shape index (κ1) is 15.9. The third kappa shape index (κ3) is 7.19. The molecule has 0 rings (SSSR count). The summed E-state index contributed by atoms with van der Waals surface area (Å²) < 4.78 is 0. The van der Waals surface area contributed by atoms with Gasteiger partial charge in [-0.05, 0) is 19.4 Å². The van der Waals surface area contributed by atoms with Crippen molar-refractivity contribution in [3.05, 3.63) is 0 Å². The van der Waals surface area contributed by atoms with Crippen LogP contribution in [-0.2, 0) is 4.79 Å². The van der Waals surface area contributed by atoms with Crippen LogP contribution < -0.4 is 4.98 Å². The number of aliphatic carboxylic acids is 1. The summed E-state index contributed by atoms with van der Waals surface area (Å²) in [6.07, 6.45) is 1.80. The van der Waals surface area contributed by atoms with E-state index in [4.69, 9.17) is 0 Å². The molecule has 0 spiro atoms. The highest BCUT2D eigenvalue weighted by atomic mass is 28.3. The number of carbonyl (C=O) groups is 1. The normalized spacial score (nSPS) is 14.9. The molecule has 0 saturated heterocycles. The summed E-state index contributed by atoms with van der Waals surface area (Å²) in [5, 5.41) is 9.19. The summed E-state index contributed by atoms with van der Waals surface area (Å²) in [5.41, 5.74) is -0.101. The van der Waals surface area contributed by atoms with E-state index in [2.05, 4.69) is 44.3 Å². The van der Waals surface area contributed by atoms with E-state index in [0.29, 0.717) is 0 Å². The van der Waals surface area contributed by atoms with Crippen LogP contribution in [0.15, 0.2) is 0 Å². The van der Waals surface area contributed by atoms with Crippen LogP contribution in [0.25, 0.3) is 0 Å².